The van der Waals surface area contributed by atoms with Crippen molar-refractivity contribution in [3.05, 3.63) is 82.5 Å². The Balaban J connectivity index is 1.56. The van der Waals surface area contributed by atoms with Crippen molar-refractivity contribution in [3.8, 4) is 0 Å². The number of carbonyl (C=O) groups is 1. The van der Waals surface area contributed by atoms with Crippen LogP contribution in [0.5, 0.6) is 0 Å². The summed E-state index contributed by atoms with van der Waals surface area (Å²) in [4.78, 5) is 35.4. The van der Waals surface area contributed by atoms with E-state index >= 15 is 0 Å². The summed E-state index contributed by atoms with van der Waals surface area (Å²) < 4.78 is 8.40. The number of para-hydroxylation sites is 2. The SMILES string of the molecule is CCc1noc(Cn2cnc3c4ccccc4n(CC(=O)Nc4ccccc4CC)c3c2=O)n1. The Kier molecular flexibility index (Phi) is 5.67. The second-order valence-electron chi connectivity index (χ2n) is 7.99. The molecule has 1 amide bonds. The summed E-state index contributed by atoms with van der Waals surface area (Å²) in [7, 11) is 0. The first-order valence-corrected chi connectivity index (χ1v) is 11.2. The molecule has 0 fully saturated rings. The average Bonchev–Trinajstić information content (AvgIpc) is 3.44. The zero-order chi connectivity index (χ0) is 23.7. The number of rotatable bonds is 7. The lowest BCUT2D eigenvalue weighted by Gasteiger charge is -2.11. The zero-order valence-electron chi connectivity index (χ0n) is 19.0. The summed E-state index contributed by atoms with van der Waals surface area (Å²) in [5.41, 5.74) is 3.22. The van der Waals surface area contributed by atoms with Gasteiger partial charge < -0.3 is 14.4 Å². The summed E-state index contributed by atoms with van der Waals surface area (Å²) >= 11 is 0. The van der Waals surface area contributed by atoms with Gasteiger partial charge in [-0.3, -0.25) is 14.2 Å². The van der Waals surface area contributed by atoms with E-state index in [0.29, 0.717) is 29.2 Å². The fraction of sp³-hybridized carbons (Fsp3) is 0.240. The van der Waals surface area contributed by atoms with Crippen LogP contribution < -0.4 is 10.9 Å². The highest BCUT2D eigenvalue weighted by Crippen LogP contribution is 2.25. The van der Waals surface area contributed by atoms with E-state index in [9.17, 15) is 9.59 Å². The van der Waals surface area contributed by atoms with Crippen LogP contribution in [0.3, 0.4) is 0 Å². The molecule has 2 aromatic carbocycles. The lowest BCUT2D eigenvalue weighted by atomic mass is 10.1. The van der Waals surface area contributed by atoms with Gasteiger partial charge in [-0.2, -0.15) is 4.98 Å². The van der Waals surface area contributed by atoms with Crippen LogP contribution in [0.1, 0.15) is 31.1 Å². The zero-order valence-corrected chi connectivity index (χ0v) is 19.0. The largest absolute Gasteiger partial charge is 0.337 e. The Labute approximate surface area is 195 Å². The van der Waals surface area contributed by atoms with Crippen molar-refractivity contribution >= 4 is 33.5 Å². The van der Waals surface area contributed by atoms with Gasteiger partial charge in [0.25, 0.3) is 5.56 Å². The molecule has 5 aromatic rings. The van der Waals surface area contributed by atoms with E-state index in [1.54, 1.807) is 4.57 Å². The molecule has 9 nitrogen and oxygen atoms in total. The summed E-state index contributed by atoms with van der Waals surface area (Å²) in [5.74, 6) is 0.690. The number of hydrogen-bond acceptors (Lipinski definition) is 6. The quantitative estimate of drug-likeness (QED) is 0.401. The van der Waals surface area contributed by atoms with Crippen molar-refractivity contribution in [2.45, 2.75) is 39.8 Å². The van der Waals surface area contributed by atoms with Gasteiger partial charge in [-0.1, -0.05) is 55.4 Å². The van der Waals surface area contributed by atoms with E-state index < -0.39 is 0 Å². The van der Waals surface area contributed by atoms with Gasteiger partial charge in [0.1, 0.15) is 24.1 Å². The van der Waals surface area contributed by atoms with E-state index in [-0.39, 0.29) is 24.6 Å². The van der Waals surface area contributed by atoms with E-state index in [1.165, 1.54) is 10.9 Å². The molecule has 0 aliphatic heterocycles. The minimum absolute atomic E-state index is 0.0243. The standard InChI is InChI=1S/C25H24N6O3/c1-3-16-9-5-7-11-18(16)27-21(32)13-31-19-12-8-6-10-17(19)23-24(31)25(33)30(15-26-23)14-22-28-20(4-2)29-34-22/h5-12,15H,3-4,13-14H2,1-2H3,(H,27,32). The van der Waals surface area contributed by atoms with Gasteiger partial charge in [0.15, 0.2) is 5.82 Å². The van der Waals surface area contributed by atoms with E-state index in [0.717, 1.165) is 28.6 Å². The van der Waals surface area contributed by atoms with Gasteiger partial charge in [0.2, 0.25) is 11.8 Å². The lowest BCUT2D eigenvalue weighted by Crippen LogP contribution is -2.25. The maximum absolute atomic E-state index is 13.5. The predicted molar refractivity (Wildman–Crippen MR) is 129 cm³/mol. The third-order valence-electron chi connectivity index (χ3n) is 5.84. The number of aryl methyl sites for hydroxylation is 2. The van der Waals surface area contributed by atoms with Crippen LogP contribution in [-0.4, -0.2) is 30.2 Å². The molecular weight excluding hydrogens is 432 g/mol. The fourth-order valence-electron chi connectivity index (χ4n) is 4.15. The second-order valence-corrected chi connectivity index (χ2v) is 7.99. The molecule has 34 heavy (non-hydrogen) atoms. The van der Waals surface area contributed by atoms with E-state index in [4.69, 9.17) is 4.52 Å². The number of anilines is 1. The highest BCUT2D eigenvalue weighted by atomic mass is 16.5. The van der Waals surface area contributed by atoms with Crippen LogP contribution in [0.4, 0.5) is 5.69 Å². The summed E-state index contributed by atoms with van der Waals surface area (Å²) in [5, 5.41) is 7.69. The number of hydrogen-bond donors (Lipinski definition) is 1. The number of fused-ring (bicyclic) bond motifs is 3. The van der Waals surface area contributed by atoms with Crippen LogP contribution in [-0.2, 0) is 30.7 Å². The van der Waals surface area contributed by atoms with Crippen LogP contribution in [0, 0.1) is 0 Å². The lowest BCUT2D eigenvalue weighted by molar-refractivity contribution is -0.116. The number of carbonyl (C=O) groups excluding carboxylic acids is 1. The van der Waals surface area contributed by atoms with Crippen molar-refractivity contribution in [1.82, 2.24) is 24.3 Å². The highest BCUT2D eigenvalue weighted by molar-refractivity contribution is 6.06. The van der Waals surface area contributed by atoms with Gasteiger partial charge in [0.05, 0.1) is 11.8 Å². The van der Waals surface area contributed by atoms with Crippen molar-refractivity contribution in [1.29, 1.82) is 0 Å². The smallest absolute Gasteiger partial charge is 0.278 e. The second kappa shape index (κ2) is 8.93. The van der Waals surface area contributed by atoms with Crippen LogP contribution in [0.2, 0.25) is 0 Å². The normalized spacial score (nSPS) is 11.4. The Bertz CT molecular complexity index is 1560. The average molecular weight is 457 g/mol. The van der Waals surface area contributed by atoms with Crippen molar-refractivity contribution in [3.63, 3.8) is 0 Å². The number of amides is 1. The van der Waals surface area contributed by atoms with Crippen molar-refractivity contribution in [2.24, 2.45) is 0 Å². The third-order valence-corrected chi connectivity index (χ3v) is 5.84. The summed E-state index contributed by atoms with van der Waals surface area (Å²) in [6.45, 7) is 4.05. The van der Waals surface area contributed by atoms with Crippen molar-refractivity contribution in [2.75, 3.05) is 5.32 Å². The molecule has 0 saturated carbocycles. The van der Waals surface area contributed by atoms with Gasteiger partial charge in [-0.05, 0) is 24.1 Å². The molecule has 0 bridgehead atoms. The number of nitrogens with zero attached hydrogens (tertiary/aromatic N) is 5. The van der Waals surface area contributed by atoms with Gasteiger partial charge in [-0.15, -0.1) is 0 Å². The summed E-state index contributed by atoms with van der Waals surface area (Å²) in [6, 6.07) is 15.3. The molecular formula is C25H24N6O3. The van der Waals surface area contributed by atoms with Crippen LogP contribution in [0.15, 0.2) is 64.2 Å². The molecule has 5 rings (SSSR count). The fourth-order valence-corrected chi connectivity index (χ4v) is 4.15. The predicted octanol–water partition coefficient (Wildman–Crippen LogP) is 3.55. The first kappa shape index (κ1) is 21.6. The molecule has 3 aromatic heterocycles. The topological polar surface area (TPSA) is 108 Å². The Morgan fingerprint density at radius 2 is 1.85 bits per heavy atom. The van der Waals surface area contributed by atoms with Gasteiger partial charge in [0, 0.05) is 17.5 Å². The molecule has 0 saturated heterocycles. The molecule has 1 N–H and O–H groups in total. The molecule has 0 radical (unpaired) electrons. The first-order chi connectivity index (χ1) is 16.6. The van der Waals surface area contributed by atoms with Crippen LogP contribution in [0.25, 0.3) is 21.9 Å². The molecule has 9 heteroatoms. The molecule has 0 atom stereocenters. The maximum atomic E-state index is 13.5. The third kappa shape index (κ3) is 3.85. The van der Waals surface area contributed by atoms with Gasteiger partial charge in [-0.25, -0.2) is 4.98 Å². The number of nitrogens with one attached hydrogen (secondary N) is 1. The molecule has 0 unspecified atom stereocenters. The van der Waals surface area contributed by atoms with E-state index in [1.807, 2.05) is 62.4 Å². The Hall–Kier alpha value is -4.27. The van der Waals surface area contributed by atoms with E-state index in [2.05, 4.69) is 20.4 Å². The number of aromatic nitrogens is 5. The maximum Gasteiger partial charge on any atom is 0.278 e. The highest BCUT2D eigenvalue weighted by Gasteiger charge is 2.19. The number of benzene rings is 2. The Morgan fingerprint density at radius 3 is 2.65 bits per heavy atom. The molecule has 0 aliphatic carbocycles. The Morgan fingerprint density at radius 1 is 1.06 bits per heavy atom. The molecule has 3 heterocycles. The van der Waals surface area contributed by atoms with Gasteiger partial charge >= 0.3 is 0 Å². The summed E-state index contributed by atoms with van der Waals surface area (Å²) in [6.07, 6.45) is 2.92. The molecule has 172 valence electrons. The molecule has 0 aliphatic rings. The minimum atomic E-state index is -0.279. The first-order valence-electron chi connectivity index (χ1n) is 11.2. The van der Waals surface area contributed by atoms with Crippen LogP contribution >= 0.6 is 0 Å². The monoisotopic (exact) mass is 456 g/mol. The molecule has 0 spiro atoms. The van der Waals surface area contributed by atoms with Crippen molar-refractivity contribution < 1.29 is 9.32 Å². The minimum Gasteiger partial charge on any atom is -0.337 e.